The number of nitrogens with two attached hydrogens (primary N) is 2. The molecule has 112 valence electrons. The summed E-state index contributed by atoms with van der Waals surface area (Å²) >= 11 is 0. The van der Waals surface area contributed by atoms with Crippen molar-refractivity contribution >= 4 is 36.5 Å². The molecule has 0 unspecified atom stereocenters. The fourth-order valence-electron chi connectivity index (χ4n) is 1.54. The zero-order valence-corrected chi connectivity index (χ0v) is 12.6. The van der Waals surface area contributed by atoms with Crippen molar-refractivity contribution in [2.24, 2.45) is 11.5 Å². The molecule has 0 heterocycles. The Morgan fingerprint density at radius 1 is 0.667 bits per heavy atom. The molecule has 2 aromatic rings. The maximum absolute atomic E-state index is 7.30. The van der Waals surface area contributed by atoms with Gasteiger partial charge in [0.2, 0.25) is 0 Å². The Labute approximate surface area is 135 Å². The van der Waals surface area contributed by atoms with Gasteiger partial charge in [0.25, 0.3) is 0 Å². The minimum Gasteiger partial charge on any atom is -0.457 e. The molecule has 0 bridgehead atoms. The molecule has 0 aromatic heterocycles. The standard InChI is InChI=1S/C14H14N4O.2ClH/c15-13(16)9-1-5-11(6-2-9)19-12-7-3-10(4-8-12)14(17)18;;/h1-8H,(H3,15,16)(H3,17,18);2*1H. The summed E-state index contributed by atoms with van der Waals surface area (Å²) in [6.07, 6.45) is 0. The highest BCUT2D eigenvalue weighted by Gasteiger charge is 2.01. The Morgan fingerprint density at radius 3 is 1.19 bits per heavy atom. The lowest BCUT2D eigenvalue weighted by Crippen LogP contribution is -2.10. The van der Waals surface area contributed by atoms with Crippen LogP contribution in [0.15, 0.2) is 48.5 Å². The van der Waals surface area contributed by atoms with Crippen molar-refractivity contribution in [1.82, 2.24) is 0 Å². The van der Waals surface area contributed by atoms with Crippen LogP contribution in [0.2, 0.25) is 0 Å². The molecule has 2 aromatic carbocycles. The van der Waals surface area contributed by atoms with Crippen molar-refractivity contribution in [2.75, 3.05) is 0 Å². The molecule has 0 spiro atoms. The normalized spacial score (nSPS) is 8.95. The van der Waals surface area contributed by atoms with E-state index in [9.17, 15) is 0 Å². The average molecular weight is 327 g/mol. The van der Waals surface area contributed by atoms with Gasteiger partial charge in [-0.1, -0.05) is 0 Å². The van der Waals surface area contributed by atoms with Gasteiger partial charge in [-0.2, -0.15) is 0 Å². The molecule has 5 nitrogen and oxygen atoms in total. The van der Waals surface area contributed by atoms with Crippen LogP contribution in [0.1, 0.15) is 11.1 Å². The predicted molar refractivity (Wildman–Crippen MR) is 89.5 cm³/mol. The van der Waals surface area contributed by atoms with Crippen molar-refractivity contribution < 1.29 is 4.74 Å². The topological polar surface area (TPSA) is 109 Å². The molecule has 0 fully saturated rings. The molecule has 7 heteroatoms. The number of nitrogen functional groups attached to an aromatic ring is 2. The molecule has 0 amide bonds. The highest BCUT2D eigenvalue weighted by molar-refractivity contribution is 5.95. The Balaban J connectivity index is 0.00000200. The number of ether oxygens (including phenoxy) is 1. The zero-order valence-electron chi connectivity index (χ0n) is 11.0. The van der Waals surface area contributed by atoms with E-state index in [4.69, 9.17) is 27.0 Å². The summed E-state index contributed by atoms with van der Waals surface area (Å²) in [5.41, 5.74) is 12.0. The summed E-state index contributed by atoms with van der Waals surface area (Å²) in [5.74, 6) is 1.36. The highest BCUT2D eigenvalue weighted by Crippen LogP contribution is 2.21. The van der Waals surface area contributed by atoms with Gasteiger partial charge < -0.3 is 16.2 Å². The largest absolute Gasteiger partial charge is 0.457 e. The molecule has 0 atom stereocenters. The summed E-state index contributed by atoms with van der Waals surface area (Å²) in [6.45, 7) is 0. The van der Waals surface area contributed by atoms with Crippen LogP contribution >= 0.6 is 24.8 Å². The second-order valence-corrected chi connectivity index (χ2v) is 3.98. The van der Waals surface area contributed by atoms with Crippen LogP contribution in [0, 0.1) is 10.8 Å². The quantitative estimate of drug-likeness (QED) is 0.512. The number of rotatable bonds is 4. The van der Waals surface area contributed by atoms with Crippen LogP contribution in [0.3, 0.4) is 0 Å². The Morgan fingerprint density at radius 2 is 0.952 bits per heavy atom. The van der Waals surface area contributed by atoms with E-state index in [0.29, 0.717) is 22.6 Å². The van der Waals surface area contributed by atoms with Gasteiger partial charge in [-0.05, 0) is 48.5 Å². The third-order valence-corrected chi connectivity index (χ3v) is 2.57. The number of nitrogens with one attached hydrogen (secondary N) is 2. The molecule has 2 rings (SSSR count). The van der Waals surface area contributed by atoms with E-state index in [1.807, 2.05) is 0 Å². The lowest BCUT2D eigenvalue weighted by Gasteiger charge is -2.07. The van der Waals surface area contributed by atoms with Gasteiger partial charge in [0.1, 0.15) is 23.2 Å². The molecule has 6 N–H and O–H groups in total. The van der Waals surface area contributed by atoms with Gasteiger partial charge in [-0.3, -0.25) is 10.8 Å². The zero-order chi connectivity index (χ0) is 13.8. The summed E-state index contributed by atoms with van der Waals surface area (Å²) in [5, 5.41) is 14.6. The average Bonchev–Trinajstić information content (AvgIpc) is 2.40. The van der Waals surface area contributed by atoms with Crippen molar-refractivity contribution in [1.29, 1.82) is 10.8 Å². The maximum atomic E-state index is 7.30. The van der Waals surface area contributed by atoms with Crippen LogP contribution in [-0.2, 0) is 0 Å². The minimum absolute atomic E-state index is 0. The first-order valence-electron chi connectivity index (χ1n) is 5.63. The number of hydrogen-bond donors (Lipinski definition) is 4. The van der Waals surface area contributed by atoms with E-state index in [1.165, 1.54) is 0 Å². The number of halogens is 2. The Bertz CT molecular complexity index is 556. The van der Waals surface area contributed by atoms with E-state index in [2.05, 4.69) is 0 Å². The van der Waals surface area contributed by atoms with Crippen LogP contribution in [0.25, 0.3) is 0 Å². The van der Waals surface area contributed by atoms with Gasteiger partial charge in [0.15, 0.2) is 0 Å². The van der Waals surface area contributed by atoms with Crippen LogP contribution in [0.5, 0.6) is 11.5 Å². The SMILES string of the molecule is Cl.Cl.N=C(N)c1ccc(Oc2ccc(C(=N)N)cc2)cc1. The third kappa shape index (κ3) is 4.98. The first kappa shape index (κ1) is 18.8. The first-order valence-corrected chi connectivity index (χ1v) is 5.63. The molecule has 0 saturated heterocycles. The van der Waals surface area contributed by atoms with Gasteiger partial charge >= 0.3 is 0 Å². The second-order valence-electron chi connectivity index (χ2n) is 3.98. The van der Waals surface area contributed by atoms with Crippen LogP contribution in [0.4, 0.5) is 0 Å². The van der Waals surface area contributed by atoms with E-state index < -0.39 is 0 Å². The molecular weight excluding hydrogens is 311 g/mol. The highest BCUT2D eigenvalue weighted by atomic mass is 35.5. The fourth-order valence-corrected chi connectivity index (χ4v) is 1.54. The maximum Gasteiger partial charge on any atom is 0.127 e. The Hall–Kier alpha value is -2.24. The number of amidine groups is 2. The van der Waals surface area contributed by atoms with Crippen LogP contribution in [-0.4, -0.2) is 11.7 Å². The molecule has 21 heavy (non-hydrogen) atoms. The Kier molecular flexibility index (Phi) is 7.27. The van der Waals surface area contributed by atoms with Crippen molar-refractivity contribution in [3.8, 4) is 11.5 Å². The minimum atomic E-state index is 0. The molecule has 0 saturated carbocycles. The predicted octanol–water partition coefficient (Wildman–Crippen LogP) is 2.89. The smallest absolute Gasteiger partial charge is 0.127 e. The molecular formula is C14H16Cl2N4O. The summed E-state index contributed by atoms with van der Waals surface area (Å²) in [4.78, 5) is 0. The van der Waals surface area contributed by atoms with E-state index in [1.54, 1.807) is 48.5 Å². The van der Waals surface area contributed by atoms with Gasteiger partial charge in [0, 0.05) is 11.1 Å². The van der Waals surface area contributed by atoms with Crippen molar-refractivity contribution in [2.45, 2.75) is 0 Å². The molecule has 0 aliphatic heterocycles. The third-order valence-electron chi connectivity index (χ3n) is 2.57. The summed E-state index contributed by atoms with van der Waals surface area (Å²) in [7, 11) is 0. The lowest BCUT2D eigenvalue weighted by atomic mass is 10.2. The fraction of sp³-hybridized carbons (Fsp3) is 0. The number of benzene rings is 2. The van der Waals surface area contributed by atoms with Crippen LogP contribution < -0.4 is 16.2 Å². The first-order chi connectivity index (χ1) is 9.06. The number of hydrogen-bond acceptors (Lipinski definition) is 3. The van der Waals surface area contributed by atoms with Crippen molar-refractivity contribution in [3.63, 3.8) is 0 Å². The van der Waals surface area contributed by atoms with E-state index >= 15 is 0 Å². The van der Waals surface area contributed by atoms with E-state index in [0.717, 1.165) is 0 Å². The summed E-state index contributed by atoms with van der Waals surface area (Å²) in [6, 6.07) is 13.9. The monoisotopic (exact) mass is 326 g/mol. The van der Waals surface area contributed by atoms with Gasteiger partial charge in [0.05, 0.1) is 0 Å². The molecule has 0 aliphatic carbocycles. The van der Waals surface area contributed by atoms with Crippen molar-refractivity contribution in [3.05, 3.63) is 59.7 Å². The lowest BCUT2D eigenvalue weighted by molar-refractivity contribution is 0.482. The van der Waals surface area contributed by atoms with Gasteiger partial charge in [-0.15, -0.1) is 24.8 Å². The molecule has 0 radical (unpaired) electrons. The second kappa shape index (κ2) is 8.14. The van der Waals surface area contributed by atoms with E-state index in [-0.39, 0.29) is 36.5 Å². The molecule has 0 aliphatic rings. The summed E-state index contributed by atoms with van der Waals surface area (Å²) < 4.78 is 5.63. The van der Waals surface area contributed by atoms with Gasteiger partial charge in [-0.25, -0.2) is 0 Å².